The van der Waals surface area contributed by atoms with Gasteiger partial charge < -0.3 is 5.32 Å². The van der Waals surface area contributed by atoms with E-state index < -0.39 is 0 Å². The number of amides is 1. The van der Waals surface area contributed by atoms with Crippen LogP contribution < -0.4 is 10.6 Å². The summed E-state index contributed by atoms with van der Waals surface area (Å²) in [6.45, 7) is 1.43. The fourth-order valence-electron chi connectivity index (χ4n) is 3.26. The highest BCUT2D eigenvalue weighted by atomic mass is 35.5. The lowest BCUT2D eigenvalue weighted by Crippen LogP contribution is -2.28. The predicted octanol–water partition coefficient (Wildman–Crippen LogP) is 4.69. The monoisotopic (exact) mass is 401 g/mol. The van der Waals surface area contributed by atoms with Crippen molar-refractivity contribution >= 4 is 41.0 Å². The Hall–Kier alpha value is -2.57. The zero-order valence-electron chi connectivity index (χ0n) is 14.5. The van der Waals surface area contributed by atoms with Crippen LogP contribution in [-0.2, 0) is 4.79 Å². The average molecular weight is 402 g/mol. The number of hydrogen-bond acceptors (Lipinski definition) is 4. The number of carbonyl (C=O) groups excluding carboxylic acids is 1. The van der Waals surface area contributed by atoms with Crippen LogP contribution in [0.4, 0.5) is 11.9 Å². The molecular formula is C19H17Cl2N5O. The summed E-state index contributed by atoms with van der Waals surface area (Å²) in [5, 5.41) is 11.9. The van der Waals surface area contributed by atoms with Crippen LogP contribution in [0.2, 0.25) is 10.0 Å². The van der Waals surface area contributed by atoms with Gasteiger partial charge in [-0.3, -0.25) is 10.1 Å². The molecular weight excluding hydrogens is 385 g/mol. The van der Waals surface area contributed by atoms with Gasteiger partial charge in [-0.05, 0) is 41.8 Å². The SMILES string of the molecule is CC(=O)Nc1nc2n(n1)[C@H](c1ccc(Cl)cc1)C[C@H](c1ccc(Cl)cc1)N2. The smallest absolute Gasteiger partial charge is 0.250 e. The lowest BCUT2D eigenvalue weighted by Gasteiger charge is -2.31. The number of fused-ring (bicyclic) bond motifs is 1. The maximum Gasteiger partial charge on any atom is 0.250 e. The second kappa shape index (κ2) is 7.21. The third-order valence-corrected chi connectivity index (χ3v) is 5.01. The molecule has 3 aromatic rings. The molecule has 2 heterocycles. The summed E-state index contributed by atoms with van der Waals surface area (Å²) in [6, 6.07) is 15.4. The van der Waals surface area contributed by atoms with E-state index in [2.05, 4.69) is 20.7 Å². The van der Waals surface area contributed by atoms with E-state index in [4.69, 9.17) is 23.2 Å². The molecule has 2 atom stereocenters. The molecule has 0 saturated heterocycles. The largest absolute Gasteiger partial charge is 0.347 e. The van der Waals surface area contributed by atoms with Crippen molar-refractivity contribution in [1.29, 1.82) is 0 Å². The molecule has 138 valence electrons. The van der Waals surface area contributed by atoms with Gasteiger partial charge in [0.2, 0.25) is 11.9 Å². The second-order valence-electron chi connectivity index (χ2n) is 6.44. The molecule has 1 aromatic heterocycles. The predicted molar refractivity (Wildman–Crippen MR) is 106 cm³/mol. The summed E-state index contributed by atoms with van der Waals surface area (Å²) in [5.41, 5.74) is 2.18. The Balaban J connectivity index is 1.74. The molecule has 4 rings (SSSR count). The van der Waals surface area contributed by atoms with E-state index in [-0.39, 0.29) is 23.9 Å². The molecule has 1 aliphatic heterocycles. The number of carbonyl (C=O) groups is 1. The highest BCUT2D eigenvalue weighted by Gasteiger charge is 2.31. The van der Waals surface area contributed by atoms with Gasteiger partial charge in [0.1, 0.15) is 0 Å². The van der Waals surface area contributed by atoms with Gasteiger partial charge in [-0.25, -0.2) is 4.68 Å². The van der Waals surface area contributed by atoms with Crippen LogP contribution in [0.1, 0.15) is 36.6 Å². The first kappa shape index (κ1) is 17.8. The van der Waals surface area contributed by atoms with Crippen LogP contribution >= 0.6 is 23.2 Å². The van der Waals surface area contributed by atoms with Crippen LogP contribution in [0.15, 0.2) is 48.5 Å². The van der Waals surface area contributed by atoms with E-state index in [1.54, 1.807) is 4.68 Å². The van der Waals surface area contributed by atoms with Crippen molar-refractivity contribution in [3.8, 4) is 0 Å². The molecule has 0 unspecified atom stereocenters. The summed E-state index contributed by atoms with van der Waals surface area (Å²) in [4.78, 5) is 15.8. The fourth-order valence-corrected chi connectivity index (χ4v) is 3.52. The number of rotatable bonds is 3. The Kier molecular flexibility index (Phi) is 4.76. The van der Waals surface area contributed by atoms with E-state index >= 15 is 0 Å². The zero-order chi connectivity index (χ0) is 19.0. The minimum atomic E-state index is -0.213. The van der Waals surface area contributed by atoms with E-state index in [9.17, 15) is 4.79 Å². The van der Waals surface area contributed by atoms with Crippen LogP contribution in [-0.4, -0.2) is 20.7 Å². The number of hydrogen-bond donors (Lipinski definition) is 2. The van der Waals surface area contributed by atoms with Crippen molar-refractivity contribution in [1.82, 2.24) is 14.8 Å². The first-order valence-corrected chi connectivity index (χ1v) is 9.27. The summed E-state index contributed by atoms with van der Waals surface area (Å²) in [5.74, 6) is 0.667. The molecule has 0 spiro atoms. The van der Waals surface area contributed by atoms with Crippen molar-refractivity contribution in [3.63, 3.8) is 0 Å². The number of aromatic nitrogens is 3. The molecule has 1 aliphatic rings. The average Bonchev–Trinajstić information content (AvgIpc) is 3.03. The zero-order valence-corrected chi connectivity index (χ0v) is 16.0. The highest BCUT2D eigenvalue weighted by Crippen LogP contribution is 2.38. The van der Waals surface area contributed by atoms with Crippen LogP contribution in [0, 0.1) is 0 Å². The molecule has 2 aromatic carbocycles. The molecule has 6 nitrogen and oxygen atoms in total. The number of benzene rings is 2. The third kappa shape index (κ3) is 3.77. The van der Waals surface area contributed by atoms with Gasteiger partial charge in [-0.2, -0.15) is 4.98 Å². The van der Waals surface area contributed by atoms with Gasteiger partial charge >= 0.3 is 0 Å². The summed E-state index contributed by atoms with van der Waals surface area (Å²) in [7, 11) is 0. The summed E-state index contributed by atoms with van der Waals surface area (Å²) in [6.07, 6.45) is 0.763. The number of nitrogens with one attached hydrogen (secondary N) is 2. The van der Waals surface area contributed by atoms with Gasteiger partial charge in [0.05, 0.1) is 12.1 Å². The number of halogens is 2. The lowest BCUT2D eigenvalue weighted by atomic mass is 9.93. The Morgan fingerprint density at radius 1 is 1.07 bits per heavy atom. The normalized spacial score (nSPS) is 18.5. The molecule has 0 aliphatic carbocycles. The first-order valence-electron chi connectivity index (χ1n) is 8.51. The second-order valence-corrected chi connectivity index (χ2v) is 7.31. The number of nitrogens with zero attached hydrogens (tertiary/aromatic N) is 3. The topological polar surface area (TPSA) is 71.8 Å². The fraction of sp³-hybridized carbons (Fsp3) is 0.211. The Morgan fingerprint density at radius 3 is 2.26 bits per heavy atom. The maximum absolute atomic E-state index is 11.4. The maximum atomic E-state index is 11.4. The number of anilines is 2. The van der Waals surface area contributed by atoms with Crippen molar-refractivity contribution in [2.24, 2.45) is 0 Å². The Morgan fingerprint density at radius 2 is 1.67 bits per heavy atom. The summed E-state index contributed by atoms with van der Waals surface area (Å²) < 4.78 is 1.81. The highest BCUT2D eigenvalue weighted by molar-refractivity contribution is 6.30. The quantitative estimate of drug-likeness (QED) is 0.667. The standard InChI is InChI=1S/C19H17Cl2N5O/c1-11(27)22-18-24-19-23-16(12-2-6-14(20)7-3-12)10-17(26(19)25-18)13-4-8-15(21)9-5-13/h2-9,16-17H,10H2,1H3,(H2,22,23,24,25,27)/t16-,17+/m1/s1. The summed E-state index contributed by atoms with van der Waals surface area (Å²) >= 11 is 12.1. The third-order valence-electron chi connectivity index (χ3n) is 4.50. The lowest BCUT2D eigenvalue weighted by molar-refractivity contribution is -0.114. The molecule has 8 heteroatoms. The van der Waals surface area contributed by atoms with E-state index in [1.807, 2.05) is 48.5 Å². The molecule has 0 saturated carbocycles. The molecule has 2 N–H and O–H groups in total. The minimum absolute atomic E-state index is 0.0322. The Bertz CT molecular complexity index is 969. The van der Waals surface area contributed by atoms with Gasteiger partial charge in [-0.1, -0.05) is 47.5 Å². The van der Waals surface area contributed by atoms with Crippen molar-refractivity contribution < 1.29 is 4.79 Å². The first-order chi connectivity index (χ1) is 13.0. The minimum Gasteiger partial charge on any atom is -0.347 e. The van der Waals surface area contributed by atoms with Gasteiger partial charge in [-0.15, -0.1) is 5.10 Å². The molecule has 27 heavy (non-hydrogen) atoms. The molecule has 0 fully saturated rings. The van der Waals surface area contributed by atoms with Crippen LogP contribution in [0.3, 0.4) is 0 Å². The van der Waals surface area contributed by atoms with Crippen molar-refractivity contribution in [3.05, 3.63) is 69.7 Å². The Labute approximate surface area is 166 Å². The molecule has 0 bridgehead atoms. The van der Waals surface area contributed by atoms with Crippen molar-refractivity contribution in [2.75, 3.05) is 10.6 Å². The van der Waals surface area contributed by atoms with E-state index in [0.29, 0.717) is 16.0 Å². The van der Waals surface area contributed by atoms with E-state index in [1.165, 1.54) is 6.92 Å². The van der Waals surface area contributed by atoms with Gasteiger partial charge in [0, 0.05) is 17.0 Å². The van der Waals surface area contributed by atoms with E-state index in [0.717, 1.165) is 17.5 Å². The van der Waals surface area contributed by atoms with Gasteiger partial charge in [0.15, 0.2) is 0 Å². The van der Waals surface area contributed by atoms with Crippen molar-refractivity contribution in [2.45, 2.75) is 25.4 Å². The van der Waals surface area contributed by atoms with Gasteiger partial charge in [0.25, 0.3) is 5.95 Å². The van der Waals surface area contributed by atoms with Crippen LogP contribution in [0.25, 0.3) is 0 Å². The van der Waals surface area contributed by atoms with Crippen LogP contribution in [0.5, 0.6) is 0 Å². The molecule has 0 radical (unpaired) electrons. The molecule has 1 amide bonds.